The normalized spacial score (nSPS) is 12.3. The van der Waals surface area contributed by atoms with E-state index in [9.17, 15) is 18.0 Å². The zero-order valence-electron chi connectivity index (χ0n) is 26.6. The van der Waals surface area contributed by atoms with E-state index >= 15 is 0 Å². The fourth-order valence-electron chi connectivity index (χ4n) is 5.08. The van der Waals surface area contributed by atoms with Crippen molar-refractivity contribution in [1.29, 1.82) is 0 Å². The van der Waals surface area contributed by atoms with Gasteiger partial charge in [0.05, 0.1) is 20.6 Å². The summed E-state index contributed by atoms with van der Waals surface area (Å²) in [6.07, 6.45) is 0.199. The van der Waals surface area contributed by atoms with Crippen LogP contribution in [0, 0.1) is 13.8 Å². The van der Waals surface area contributed by atoms with Crippen molar-refractivity contribution in [2.75, 3.05) is 10.8 Å². The summed E-state index contributed by atoms with van der Waals surface area (Å²) in [7, 11) is -4.19. The van der Waals surface area contributed by atoms with E-state index in [1.54, 1.807) is 48.5 Å². The molecule has 0 bridgehead atoms. The van der Waals surface area contributed by atoms with E-state index in [2.05, 4.69) is 5.32 Å². The van der Waals surface area contributed by atoms with Crippen molar-refractivity contribution in [3.63, 3.8) is 0 Å². The maximum atomic E-state index is 14.6. The van der Waals surface area contributed by atoms with Gasteiger partial charge in [-0.2, -0.15) is 0 Å². The number of nitrogens with one attached hydrogen (secondary N) is 1. The number of rotatable bonds is 11. The van der Waals surface area contributed by atoms with Crippen LogP contribution in [0.2, 0.25) is 10.0 Å². The second-order valence-corrected chi connectivity index (χ2v) is 14.9. The molecule has 4 aromatic carbocycles. The Morgan fingerprint density at radius 3 is 2.04 bits per heavy atom. The van der Waals surface area contributed by atoms with Gasteiger partial charge in [0.2, 0.25) is 11.8 Å². The van der Waals surface area contributed by atoms with Crippen LogP contribution in [0.3, 0.4) is 0 Å². The van der Waals surface area contributed by atoms with Crippen LogP contribution in [0.15, 0.2) is 102 Å². The Morgan fingerprint density at radius 2 is 1.43 bits per heavy atom. The van der Waals surface area contributed by atoms with E-state index in [0.717, 1.165) is 21.0 Å². The first-order valence-electron chi connectivity index (χ1n) is 14.9. The highest BCUT2D eigenvalue weighted by molar-refractivity contribution is 7.92. The van der Waals surface area contributed by atoms with Gasteiger partial charge in [-0.15, -0.1) is 0 Å². The van der Waals surface area contributed by atoms with Crippen LogP contribution in [-0.2, 0) is 32.6 Å². The van der Waals surface area contributed by atoms with Crippen molar-refractivity contribution in [1.82, 2.24) is 10.2 Å². The van der Waals surface area contributed by atoms with Crippen LogP contribution in [0.1, 0.15) is 43.0 Å². The number of carbonyl (C=O) groups excluding carboxylic acids is 2. The monoisotopic (exact) mass is 679 g/mol. The molecular weight excluding hydrogens is 641 g/mol. The molecule has 0 fully saturated rings. The summed E-state index contributed by atoms with van der Waals surface area (Å²) in [5, 5.41) is 3.68. The van der Waals surface area contributed by atoms with Gasteiger partial charge >= 0.3 is 0 Å². The topological polar surface area (TPSA) is 86.8 Å². The fourth-order valence-corrected chi connectivity index (χ4v) is 6.89. The van der Waals surface area contributed by atoms with Gasteiger partial charge < -0.3 is 10.2 Å². The first-order valence-corrected chi connectivity index (χ1v) is 17.1. The predicted molar refractivity (Wildman–Crippen MR) is 186 cm³/mol. The molecular formula is C36H39Cl2N3O4S. The van der Waals surface area contributed by atoms with E-state index < -0.39 is 34.1 Å². The molecule has 0 heterocycles. The third-order valence-corrected chi connectivity index (χ3v) is 10.1. The van der Waals surface area contributed by atoms with E-state index in [1.807, 2.05) is 71.0 Å². The molecule has 4 rings (SSSR count). The Bertz CT molecular complexity index is 1790. The highest BCUT2D eigenvalue weighted by Crippen LogP contribution is 2.30. The molecule has 0 unspecified atom stereocenters. The largest absolute Gasteiger partial charge is 0.350 e. The maximum Gasteiger partial charge on any atom is 0.264 e. The molecule has 0 saturated heterocycles. The molecule has 4 aromatic rings. The Morgan fingerprint density at radius 1 is 0.804 bits per heavy atom. The summed E-state index contributed by atoms with van der Waals surface area (Å²) < 4.78 is 29.6. The van der Waals surface area contributed by atoms with Crippen molar-refractivity contribution < 1.29 is 18.0 Å². The molecule has 242 valence electrons. The SMILES string of the molecule is Cc1cccc(N(CC(=O)N(Cc2ccc(Cl)c(Cl)c2)[C@H](Cc2ccccc2)C(=O)NC(C)(C)C)S(=O)(=O)c2ccccc2)c1C. The van der Waals surface area contributed by atoms with Gasteiger partial charge in [0.25, 0.3) is 10.0 Å². The van der Waals surface area contributed by atoms with E-state index in [0.29, 0.717) is 21.3 Å². The number of hydrogen-bond acceptors (Lipinski definition) is 4. The van der Waals surface area contributed by atoms with Crippen LogP contribution in [0.25, 0.3) is 0 Å². The lowest BCUT2D eigenvalue weighted by atomic mass is 10.0. The second kappa shape index (κ2) is 14.7. The molecule has 7 nitrogen and oxygen atoms in total. The zero-order chi connectivity index (χ0) is 33.6. The number of amides is 2. The first kappa shape index (κ1) is 35.0. The number of carbonyl (C=O) groups is 2. The standard InChI is InChI=1S/C36H39Cl2N3O4S/c1-25-13-12-18-32(26(25)2)41(46(44,45)29-16-10-7-11-17-29)24-34(42)40(23-28-19-20-30(37)31(38)21-28)33(35(43)39-36(3,4)5)22-27-14-8-6-9-15-27/h6-21,33H,22-24H2,1-5H3,(H,39,43)/t33-/m1/s1. The molecule has 0 radical (unpaired) electrons. The number of anilines is 1. The number of aryl methyl sites for hydroxylation is 1. The molecule has 0 aromatic heterocycles. The molecule has 0 aliphatic carbocycles. The van der Waals surface area contributed by atoms with Gasteiger partial charge in [0.15, 0.2) is 0 Å². The molecule has 2 amide bonds. The Labute approximate surface area is 282 Å². The molecule has 0 spiro atoms. The number of benzene rings is 4. The van der Waals surface area contributed by atoms with Gasteiger partial charge in [-0.1, -0.05) is 89.9 Å². The van der Waals surface area contributed by atoms with Crippen LogP contribution in [0.5, 0.6) is 0 Å². The minimum absolute atomic E-state index is 0.0171. The number of sulfonamides is 1. The lowest BCUT2D eigenvalue weighted by Gasteiger charge is -2.35. The minimum Gasteiger partial charge on any atom is -0.350 e. The zero-order valence-corrected chi connectivity index (χ0v) is 29.0. The van der Waals surface area contributed by atoms with E-state index in [1.165, 1.54) is 17.0 Å². The second-order valence-electron chi connectivity index (χ2n) is 12.3. The molecule has 46 heavy (non-hydrogen) atoms. The third-order valence-electron chi connectivity index (χ3n) is 7.56. The number of halogens is 2. The summed E-state index contributed by atoms with van der Waals surface area (Å²) in [5.74, 6) is -0.926. The summed E-state index contributed by atoms with van der Waals surface area (Å²) >= 11 is 12.6. The predicted octanol–water partition coefficient (Wildman–Crippen LogP) is 7.36. The highest BCUT2D eigenvalue weighted by atomic mass is 35.5. The lowest BCUT2D eigenvalue weighted by molar-refractivity contribution is -0.140. The maximum absolute atomic E-state index is 14.6. The minimum atomic E-state index is -4.19. The van der Waals surface area contributed by atoms with Gasteiger partial charge in [-0.3, -0.25) is 13.9 Å². The highest BCUT2D eigenvalue weighted by Gasteiger charge is 2.36. The Balaban J connectivity index is 1.86. The fraction of sp³-hybridized carbons (Fsp3) is 0.278. The van der Waals surface area contributed by atoms with Crippen molar-refractivity contribution in [3.8, 4) is 0 Å². The average Bonchev–Trinajstić information content (AvgIpc) is 3.01. The van der Waals surface area contributed by atoms with Crippen LogP contribution in [-0.4, -0.2) is 43.3 Å². The van der Waals surface area contributed by atoms with Gasteiger partial charge in [0.1, 0.15) is 12.6 Å². The quantitative estimate of drug-likeness (QED) is 0.179. The van der Waals surface area contributed by atoms with Crippen molar-refractivity contribution in [2.45, 2.75) is 64.1 Å². The van der Waals surface area contributed by atoms with Gasteiger partial charge in [-0.25, -0.2) is 8.42 Å². The molecule has 0 aliphatic rings. The third kappa shape index (κ3) is 8.69. The molecule has 1 N–H and O–H groups in total. The Kier molecular flexibility index (Phi) is 11.2. The van der Waals surface area contributed by atoms with Crippen molar-refractivity contribution >= 4 is 50.7 Å². The summed E-state index contributed by atoms with van der Waals surface area (Å²) in [4.78, 5) is 30.1. The van der Waals surface area contributed by atoms with E-state index in [-0.39, 0.29) is 23.8 Å². The molecule has 10 heteroatoms. The summed E-state index contributed by atoms with van der Waals surface area (Å²) in [6, 6.07) is 26.8. The number of nitrogens with zero attached hydrogens (tertiary/aromatic N) is 2. The lowest BCUT2D eigenvalue weighted by Crippen LogP contribution is -2.56. The van der Waals surface area contributed by atoms with Crippen LogP contribution in [0.4, 0.5) is 5.69 Å². The smallest absolute Gasteiger partial charge is 0.264 e. The van der Waals surface area contributed by atoms with Crippen LogP contribution >= 0.6 is 23.2 Å². The van der Waals surface area contributed by atoms with Crippen LogP contribution < -0.4 is 9.62 Å². The first-order chi connectivity index (χ1) is 21.7. The molecule has 0 saturated carbocycles. The van der Waals surface area contributed by atoms with Crippen molar-refractivity contribution in [3.05, 3.63) is 129 Å². The van der Waals surface area contributed by atoms with Gasteiger partial charge in [-0.05, 0) is 87.2 Å². The molecule has 0 aliphatic heterocycles. The number of hydrogen-bond donors (Lipinski definition) is 1. The summed E-state index contributed by atoms with van der Waals surface area (Å²) in [5.41, 5.74) is 2.85. The Hall–Kier alpha value is -3.85. The van der Waals surface area contributed by atoms with Crippen molar-refractivity contribution in [2.24, 2.45) is 0 Å². The molecule has 1 atom stereocenters. The van der Waals surface area contributed by atoms with E-state index in [4.69, 9.17) is 23.2 Å². The summed E-state index contributed by atoms with van der Waals surface area (Å²) in [6.45, 7) is 8.75. The van der Waals surface area contributed by atoms with Gasteiger partial charge in [0, 0.05) is 18.5 Å². The average molecular weight is 681 g/mol.